The Morgan fingerprint density at radius 2 is 2.10 bits per heavy atom. The minimum Gasteiger partial charge on any atom is -0.348 e. The summed E-state index contributed by atoms with van der Waals surface area (Å²) in [6, 6.07) is 2.76. The topological polar surface area (TPSA) is 42.0 Å². The molecule has 1 amide bonds. The second-order valence-electron chi connectivity index (χ2n) is 4.94. The van der Waals surface area contributed by atoms with Gasteiger partial charge < -0.3 is 5.32 Å². The van der Waals surface area contributed by atoms with Crippen LogP contribution in [0.1, 0.15) is 36.2 Å². The quantitative estimate of drug-likeness (QED) is 0.883. The molecule has 0 aromatic carbocycles. The third-order valence-electron chi connectivity index (χ3n) is 3.43. The summed E-state index contributed by atoms with van der Waals surface area (Å²) in [7, 11) is 0. The fraction of sp³-hybridized carbons (Fsp3) is 0.538. The molecule has 0 radical (unpaired) electrons. The predicted molar refractivity (Wildman–Crippen MR) is 71.2 cm³/mol. The lowest BCUT2D eigenvalue weighted by molar-refractivity contribution is -0.183. The van der Waals surface area contributed by atoms with Crippen LogP contribution in [-0.2, 0) is 0 Å². The summed E-state index contributed by atoms with van der Waals surface area (Å²) in [6.45, 7) is 0. The molecule has 0 spiro atoms. The van der Waals surface area contributed by atoms with Crippen molar-refractivity contribution in [1.29, 1.82) is 0 Å². The molecule has 7 heteroatoms. The first kappa shape index (κ1) is 15.3. The maximum atomic E-state index is 12.7. The van der Waals surface area contributed by atoms with E-state index in [1.165, 1.54) is 12.3 Å². The van der Waals surface area contributed by atoms with Crippen LogP contribution in [0.3, 0.4) is 0 Å². The van der Waals surface area contributed by atoms with Crippen molar-refractivity contribution in [2.45, 2.75) is 37.9 Å². The van der Waals surface area contributed by atoms with E-state index in [9.17, 15) is 18.0 Å². The Morgan fingerprint density at radius 1 is 1.35 bits per heavy atom. The molecule has 1 aromatic heterocycles. The average molecular weight is 351 g/mol. The van der Waals surface area contributed by atoms with Crippen molar-refractivity contribution in [2.75, 3.05) is 0 Å². The largest absolute Gasteiger partial charge is 0.391 e. The van der Waals surface area contributed by atoms with E-state index in [0.717, 1.165) is 4.47 Å². The molecule has 1 aliphatic carbocycles. The van der Waals surface area contributed by atoms with Gasteiger partial charge in [-0.1, -0.05) is 6.42 Å². The van der Waals surface area contributed by atoms with Crippen LogP contribution in [-0.4, -0.2) is 23.1 Å². The summed E-state index contributed by atoms with van der Waals surface area (Å²) >= 11 is 3.20. The summed E-state index contributed by atoms with van der Waals surface area (Å²) in [6.07, 6.45) is -1.55. The zero-order chi connectivity index (χ0) is 14.8. The van der Waals surface area contributed by atoms with Crippen molar-refractivity contribution < 1.29 is 18.0 Å². The number of carbonyl (C=O) groups excluding carboxylic acids is 1. The minimum atomic E-state index is -4.18. The Balaban J connectivity index is 1.96. The van der Waals surface area contributed by atoms with Gasteiger partial charge in [0.15, 0.2) is 0 Å². The number of amides is 1. The molecule has 1 aliphatic rings. The number of nitrogens with one attached hydrogen (secondary N) is 1. The first-order valence-electron chi connectivity index (χ1n) is 6.35. The van der Waals surface area contributed by atoms with Crippen molar-refractivity contribution in [3.63, 3.8) is 0 Å². The smallest absolute Gasteiger partial charge is 0.348 e. The number of nitrogens with zero attached hydrogens (tertiary/aromatic N) is 1. The Labute approximate surface area is 123 Å². The van der Waals surface area contributed by atoms with Crippen molar-refractivity contribution >= 4 is 21.8 Å². The van der Waals surface area contributed by atoms with E-state index in [1.54, 1.807) is 6.07 Å². The Kier molecular flexibility index (Phi) is 4.67. The molecule has 0 saturated heterocycles. The molecule has 2 atom stereocenters. The van der Waals surface area contributed by atoms with Gasteiger partial charge in [-0.05, 0) is 47.3 Å². The van der Waals surface area contributed by atoms with E-state index in [2.05, 4.69) is 26.2 Å². The summed E-state index contributed by atoms with van der Waals surface area (Å²) in [5, 5.41) is 2.64. The van der Waals surface area contributed by atoms with Gasteiger partial charge in [0.25, 0.3) is 5.91 Å². The highest BCUT2D eigenvalue weighted by atomic mass is 79.9. The first-order chi connectivity index (χ1) is 9.36. The SMILES string of the molecule is O=C(NC1CCCC(C(F)(F)F)C1)c1ccc(Br)cn1. The lowest BCUT2D eigenvalue weighted by Gasteiger charge is -2.30. The van der Waals surface area contributed by atoms with Crippen LogP contribution in [0.25, 0.3) is 0 Å². The van der Waals surface area contributed by atoms with Gasteiger partial charge >= 0.3 is 6.18 Å². The normalized spacial score (nSPS) is 23.4. The van der Waals surface area contributed by atoms with Crippen LogP contribution in [0.5, 0.6) is 0 Å². The van der Waals surface area contributed by atoms with Crippen LogP contribution in [0.2, 0.25) is 0 Å². The number of aromatic nitrogens is 1. The molecule has 1 N–H and O–H groups in total. The van der Waals surface area contributed by atoms with Crippen LogP contribution >= 0.6 is 15.9 Å². The van der Waals surface area contributed by atoms with E-state index in [1.807, 2.05) is 0 Å². The molecular weight excluding hydrogens is 337 g/mol. The van der Waals surface area contributed by atoms with Crippen LogP contribution in [0.4, 0.5) is 13.2 Å². The Morgan fingerprint density at radius 3 is 2.70 bits per heavy atom. The highest BCUT2D eigenvalue weighted by Crippen LogP contribution is 2.37. The van der Waals surface area contributed by atoms with Crippen molar-refractivity contribution in [1.82, 2.24) is 10.3 Å². The third-order valence-corrected chi connectivity index (χ3v) is 3.90. The second kappa shape index (κ2) is 6.11. The average Bonchev–Trinajstić information content (AvgIpc) is 2.38. The van der Waals surface area contributed by atoms with Gasteiger partial charge in [-0.25, -0.2) is 4.98 Å². The maximum absolute atomic E-state index is 12.7. The first-order valence-corrected chi connectivity index (χ1v) is 7.14. The predicted octanol–water partition coefficient (Wildman–Crippen LogP) is 3.70. The molecule has 1 fully saturated rings. The number of halogens is 4. The van der Waals surface area contributed by atoms with Crippen molar-refractivity contribution in [3.8, 4) is 0 Å². The second-order valence-corrected chi connectivity index (χ2v) is 5.85. The molecule has 20 heavy (non-hydrogen) atoms. The third kappa shape index (κ3) is 3.94. The lowest BCUT2D eigenvalue weighted by atomic mass is 9.85. The molecule has 3 nitrogen and oxygen atoms in total. The molecule has 2 rings (SSSR count). The van der Waals surface area contributed by atoms with Crippen molar-refractivity contribution in [2.24, 2.45) is 5.92 Å². The number of pyridine rings is 1. The zero-order valence-electron chi connectivity index (χ0n) is 10.6. The molecule has 1 aromatic rings. The van der Waals surface area contributed by atoms with E-state index in [0.29, 0.717) is 12.8 Å². The zero-order valence-corrected chi connectivity index (χ0v) is 12.2. The highest BCUT2D eigenvalue weighted by Gasteiger charge is 2.42. The van der Waals surface area contributed by atoms with Gasteiger partial charge in [-0.2, -0.15) is 13.2 Å². The van der Waals surface area contributed by atoms with Crippen LogP contribution < -0.4 is 5.32 Å². The van der Waals surface area contributed by atoms with Gasteiger partial charge in [-0.15, -0.1) is 0 Å². The van der Waals surface area contributed by atoms with Crippen molar-refractivity contribution in [3.05, 3.63) is 28.5 Å². The maximum Gasteiger partial charge on any atom is 0.391 e. The summed E-state index contributed by atoms with van der Waals surface area (Å²) in [5.41, 5.74) is 0.210. The fourth-order valence-corrected chi connectivity index (χ4v) is 2.62. The lowest BCUT2D eigenvalue weighted by Crippen LogP contribution is -2.41. The molecule has 1 heterocycles. The summed E-state index contributed by atoms with van der Waals surface area (Å²) in [4.78, 5) is 15.8. The van der Waals surface area contributed by atoms with Gasteiger partial charge in [-0.3, -0.25) is 4.79 Å². The van der Waals surface area contributed by atoms with Gasteiger partial charge in [0.1, 0.15) is 5.69 Å². The number of alkyl halides is 3. The van der Waals surface area contributed by atoms with E-state index in [4.69, 9.17) is 0 Å². The minimum absolute atomic E-state index is 0.0498. The number of carbonyl (C=O) groups is 1. The monoisotopic (exact) mass is 350 g/mol. The molecular formula is C13H14BrF3N2O. The number of hydrogen-bond donors (Lipinski definition) is 1. The molecule has 1 saturated carbocycles. The highest BCUT2D eigenvalue weighted by molar-refractivity contribution is 9.10. The van der Waals surface area contributed by atoms with E-state index < -0.39 is 24.0 Å². The number of hydrogen-bond acceptors (Lipinski definition) is 2. The molecule has 0 aliphatic heterocycles. The van der Waals surface area contributed by atoms with Gasteiger partial charge in [0, 0.05) is 16.7 Å². The van der Waals surface area contributed by atoms with Crippen LogP contribution in [0, 0.1) is 5.92 Å². The Hall–Kier alpha value is -1.11. The van der Waals surface area contributed by atoms with E-state index >= 15 is 0 Å². The Bertz CT molecular complexity index is 475. The van der Waals surface area contributed by atoms with Gasteiger partial charge in [0.2, 0.25) is 0 Å². The molecule has 110 valence electrons. The standard InChI is InChI=1S/C13H14BrF3N2O/c14-9-4-5-11(18-7-9)12(20)19-10-3-1-2-8(6-10)13(15,16)17/h4-5,7-8,10H,1-3,6H2,(H,19,20). The van der Waals surface area contributed by atoms with Gasteiger partial charge in [0.05, 0.1) is 5.92 Å². The number of rotatable bonds is 2. The summed E-state index contributed by atoms with van der Waals surface area (Å²) < 4.78 is 38.8. The van der Waals surface area contributed by atoms with Crippen LogP contribution in [0.15, 0.2) is 22.8 Å². The summed E-state index contributed by atoms with van der Waals surface area (Å²) in [5.74, 6) is -1.75. The molecule has 0 bridgehead atoms. The van der Waals surface area contributed by atoms with E-state index in [-0.39, 0.29) is 18.5 Å². The molecule has 2 unspecified atom stereocenters. The fourth-order valence-electron chi connectivity index (χ4n) is 2.39.